The lowest BCUT2D eigenvalue weighted by Gasteiger charge is -2.18. The van der Waals surface area contributed by atoms with Crippen molar-refractivity contribution in [3.8, 4) is 0 Å². The molecule has 0 heterocycles. The fourth-order valence-electron chi connectivity index (χ4n) is 6.49. The summed E-state index contributed by atoms with van der Waals surface area (Å²) in [5.74, 6) is -1.04. The number of hydrogen-bond acceptors (Lipinski definition) is 6. The number of rotatable bonds is 42. The standard InChI is InChI=1S/C51H88O6/c1-4-7-10-13-16-19-21-22-23-24-25-26-27-28-30-32-35-38-41-44-50(53)56-47-48(46-55-49(52)43-40-37-34-31-18-15-12-9-6-3)57-51(54)45-42-39-36-33-29-20-17-14-11-8-5-2/h9,12,16,18-19,21-22,31,37,40,48H,4-8,10-11,13-15,17,20,23-30,32-36,38-39,41-47H2,1-3H3/b12-9-,19-16-,22-21-,31-18-,40-37-. The second kappa shape index (κ2) is 45.8. The number of carbonyl (C=O) groups is 3. The van der Waals surface area contributed by atoms with E-state index in [4.69, 9.17) is 14.2 Å². The molecule has 0 radical (unpaired) electrons. The summed E-state index contributed by atoms with van der Waals surface area (Å²) in [6.45, 7) is 6.38. The zero-order valence-corrected chi connectivity index (χ0v) is 37.3. The summed E-state index contributed by atoms with van der Waals surface area (Å²) in [5.41, 5.74) is 0. The van der Waals surface area contributed by atoms with Gasteiger partial charge < -0.3 is 14.2 Å². The van der Waals surface area contributed by atoms with Gasteiger partial charge in [0.25, 0.3) is 0 Å². The molecule has 0 aliphatic rings. The van der Waals surface area contributed by atoms with E-state index in [9.17, 15) is 14.4 Å². The highest BCUT2D eigenvalue weighted by molar-refractivity contribution is 5.72. The molecule has 57 heavy (non-hydrogen) atoms. The zero-order valence-electron chi connectivity index (χ0n) is 37.3. The summed E-state index contributed by atoms with van der Waals surface area (Å²) < 4.78 is 16.6. The minimum atomic E-state index is -0.806. The Morgan fingerprint density at radius 1 is 0.404 bits per heavy atom. The molecule has 0 aromatic heterocycles. The van der Waals surface area contributed by atoms with Crippen LogP contribution in [-0.2, 0) is 28.6 Å². The molecule has 6 heteroatoms. The fourth-order valence-corrected chi connectivity index (χ4v) is 6.49. The highest BCUT2D eigenvalue weighted by Gasteiger charge is 2.19. The lowest BCUT2D eigenvalue weighted by atomic mass is 10.1. The van der Waals surface area contributed by atoms with Crippen LogP contribution in [0.1, 0.15) is 226 Å². The van der Waals surface area contributed by atoms with Gasteiger partial charge in [-0.1, -0.05) is 210 Å². The van der Waals surface area contributed by atoms with Crippen LogP contribution in [0.5, 0.6) is 0 Å². The molecule has 0 aromatic carbocycles. The molecule has 0 rings (SSSR count). The third-order valence-corrected chi connectivity index (χ3v) is 10.1. The number of ether oxygens (including phenoxy) is 3. The van der Waals surface area contributed by atoms with Crippen molar-refractivity contribution in [1.29, 1.82) is 0 Å². The molecule has 0 aliphatic heterocycles. The average molecular weight is 797 g/mol. The van der Waals surface area contributed by atoms with E-state index < -0.39 is 12.1 Å². The molecule has 0 fully saturated rings. The van der Waals surface area contributed by atoms with E-state index in [0.717, 1.165) is 57.8 Å². The van der Waals surface area contributed by atoms with Gasteiger partial charge in [-0.05, 0) is 57.8 Å². The molecular formula is C51H88O6. The molecule has 328 valence electrons. The highest BCUT2D eigenvalue weighted by Crippen LogP contribution is 2.15. The van der Waals surface area contributed by atoms with E-state index >= 15 is 0 Å². The van der Waals surface area contributed by atoms with Crippen LogP contribution >= 0.6 is 0 Å². The molecule has 0 saturated heterocycles. The van der Waals surface area contributed by atoms with Gasteiger partial charge in [0, 0.05) is 12.8 Å². The third kappa shape index (κ3) is 44.1. The number of allylic oxidation sites excluding steroid dienone is 9. The van der Waals surface area contributed by atoms with E-state index in [0.29, 0.717) is 12.8 Å². The van der Waals surface area contributed by atoms with Gasteiger partial charge in [-0.3, -0.25) is 14.4 Å². The van der Waals surface area contributed by atoms with Gasteiger partial charge in [0.05, 0.1) is 6.42 Å². The van der Waals surface area contributed by atoms with Crippen molar-refractivity contribution >= 4 is 17.9 Å². The Morgan fingerprint density at radius 3 is 1.30 bits per heavy atom. The first kappa shape index (κ1) is 54.1. The van der Waals surface area contributed by atoms with E-state index in [-0.39, 0.29) is 31.6 Å². The Hall–Kier alpha value is -2.89. The lowest BCUT2D eigenvalue weighted by molar-refractivity contribution is -0.166. The van der Waals surface area contributed by atoms with Crippen molar-refractivity contribution in [3.63, 3.8) is 0 Å². The average Bonchev–Trinajstić information content (AvgIpc) is 3.21. The minimum Gasteiger partial charge on any atom is -0.462 e. The van der Waals surface area contributed by atoms with Crippen LogP contribution in [0.15, 0.2) is 60.8 Å². The normalized spacial score (nSPS) is 12.5. The topological polar surface area (TPSA) is 78.9 Å². The fraction of sp³-hybridized carbons (Fsp3) is 0.745. The molecule has 1 atom stereocenters. The molecule has 0 amide bonds. The summed E-state index contributed by atoms with van der Waals surface area (Å²) in [4.78, 5) is 37.6. The number of carbonyl (C=O) groups excluding carboxylic acids is 3. The van der Waals surface area contributed by atoms with Gasteiger partial charge in [-0.2, -0.15) is 0 Å². The third-order valence-electron chi connectivity index (χ3n) is 10.1. The second-order valence-corrected chi connectivity index (χ2v) is 15.7. The molecule has 0 bridgehead atoms. The quantitative estimate of drug-likeness (QED) is 0.0201. The predicted octanol–water partition coefficient (Wildman–Crippen LogP) is 15.3. The van der Waals surface area contributed by atoms with Crippen LogP contribution in [0.2, 0.25) is 0 Å². The largest absolute Gasteiger partial charge is 0.462 e. The van der Waals surface area contributed by atoms with Gasteiger partial charge >= 0.3 is 17.9 Å². The summed E-state index contributed by atoms with van der Waals surface area (Å²) in [7, 11) is 0. The monoisotopic (exact) mass is 797 g/mol. The van der Waals surface area contributed by atoms with E-state index in [2.05, 4.69) is 69.4 Å². The molecule has 6 nitrogen and oxygen atoms in total. The Balaban J connectivity index is 4.32. The van der Waals surface area contributed by atoms with E-state index in [1.807, 2.05) is 6.08 Å². The van der Waals surface area contributed by atoms with Crippen LogP contribution in [-0.4, -0.2) is 37.2 Å². The van der Waals surface area contributed by atoms with E-state index in [1.54, 1.807) is 6.08 Å². The molecular weight excluding hydrogens is 709 g/mol. The summed E-state index contributed by atoms with van der Waals surface area (Å²) >= 11 is 0. The Labute approximate surface area is 351 Å². The van der Waals surface area contributed by atoms with E-state index in [1.165, 1.54) is 128 Å². The van der Waals surface area contributed by atoms with Crippen LogP contribution in [0.25, 0.3) is 0 Å². The Morgan fingerprint density at radius 2 is 0.789 bits per heavy atom. The van der Waals surface area contributed by atoms with Crippen molar-refractivity contribution in [3.05, 3.63) is 60.8 Å². The maximum absolute atomic E-state index is 12.7. The van der Waals surface area contributed by atoms with Gasteiger partial charge in [-0.15, -0.1) is 0 Å². The summed E-state index contributed by atoms with van der Waals surface area (Å²) in [6.07, 6.45) is 55.3. The van der Waals surface area contributed by atoms with Crippen molar-refractivity contribution < 1.29 is 28.6 Å². The number of esters is 3. The van der Waals surface area contributed by atoms with Gasteiger partial charge in [0.2, 0.25) is 0 Å². The van der Waals surface area contributed by atoms with Gasteiger partial charge in [0.15, 0.2) is 6.10 Å². The number of unbranched alkanes of at least 4 members (excludes halogenated alkanes) is 23. The maximum atomic E-state index is 12.7. The van der Waals surface area contributed by atoms with Crippen molar-refractivity contribution in [2.45, 2.75) is 232 Å². The Bertz CT molecular complexity index is 1050. The smallest absolute Gasteiger partial charge is 0.309 e. The Kier molecular flexibility index (Phi) is 43.5. The second-order valence-electron chi connectivity index (χ2n) is 15.7. The molecule has 0 saturated carbocycles. The SMILES string of the molecule is CC/C=C\C/C=C\C/C=C\CC(=O)OCC(COC(=O)CCCCCCCCCCCC/C=C\C=C/CCCCC)OC(=O)CCCCCCCCCCCCC. The van der Waals surface area contributed by atoms with Crippen molar-refractivity contribution in [2.24, 2.45) is 0 Å². The predicted molar refractivity (Wildman–Crippen MR) is 242 cm³/mol. The van der Waals surface area contributed by atoms with Crippen LogP contribution in [0.4, 0.5) is 0 Å². The molecule has 0 N–H and O–H groups in total. The molecule has 0 spiro atoms. The lowest BCUT2D eigenvalue weighted by Crippen LogP contribution is -2.30. The first-order valence-electron chi connectivity index (χ1n) is 23.8. The van der Waals surface area contributed by atoms with Crippen molar-refractivity contribution in [1.82, 2.24) is 0 Å². The van der Waals surface area contributed by atoms with Crippen LogP contribution in [0, 0.1) is 0 Å². The summed E-state index contributed by atoms with van der Waals surface area (Å²) in [6, 6.07) is 0. The first-order chi connectivity index (χ1) is 28.0. The summed E-state index contributed by atoms with van der Waals surface area (Å²) in [5, 5.41) is 0. The maximum Gasteiger partial charge on any atom is 0.309 e. The van der Waals surface area contributed by atoms with Crippen molar-refractivity contribution in [2.75, 3.05) is 13.2 Å². The number of hydrogen-bond donors (Lipinski definition) is 0. The first-order valence-corrected chi connectivity index (χ1v) is 23.8. The molecule has 0 aliphatic carbocycles. The van der Waals surface area contributed by atoms with Gasteiger partial charge in [-0.25, -0.2) is 0 Å². The molecule has 0 aromatic rings. The molecule has 1 unspecified atom stereocenters. The highest BCUT2D eigenvalue weighted by atomic mass is 16.6. The van der Waals surface area contributed by atoms with Crippen LogP contribution < -0.4 is 0 Å². The van der Waals surface area contributed by atoms with Gasteiger partial charge in [0.1, 0.15) is 13.2 Å². The zero-order chi connectivity index (χ0) is 41.5. The minimum absolute atomic E-state index is 0.102. The van der Waals surface area contributed by atoms with Crippen LogP contribution in [0.3, 0.4) is 0 Å².